The molecule has 8 rings (SSSR count). The Balaban J connectivity index is 1.09. The molecule has 67 heavy (non-hydrogen) atoms. The van der Waals surface area contributed by atoms with Gasteiger partial charge in [-0.05, 0) is 127 Å². The van der Waals surface area contributed by atoms with Crippen molar-refractivity contribution in [1.82, 2.24) is 0 Å². The second kappa shape index (κ2) is 20.7. The third kappa shape index (κ3) is 11.2. The van der Waals surface area contributed by atoms with Crippen LogP contribution in [0.3, 0.4) is 0 Å². The third-order valence-electron chi connectivity index (χ3n) is 11.0. The third-order valence-corrected chi connectivity index (χ3v) is 11.0. The van der Waals surface area contributed by atoms with E-state index in [9.17, 15) is 19.8 Å². The van der Waals surface area contributed by atoms with Gasteiger partial charge in [0.1, 0.15) is 0 Å². The van der Waals surface area contributed by atoms with Crippen molar-refractivity contribution in [3.63, 3.8) is 0 Å². The smallest absolute Gasteiger partial charge is 0.333 e. The molecule has 0 aliphatic heterocycles. The van der Waals surface area contributed by atoms with Crippen molar-refractivity contribution in [3.8, 4) is 0 Å². The Hall–Kier alpha value is -9.56. The average molecular weight is 868 g/mol. The molecular weight excluding hydrogens is 827 g/mol. The van der Waals surface area contributed by atoms with E-state index in [1.807, 2.05) is 54.6 Å². The van der Waals surface area contributed by atoms with E-state index in [1.54, 1.807) is 24.3 Å². The van der Waals surface area contributed by atoms with Gasteiger partial charge in [-0.15, -0.1) is 0 Å². The summed E-state index contributed by atoms with van der Waals surface area (Å²) in [5.74, 6) is -2.50. The van der Waals surface area contributed by atoms with Gasteiger partial charge < -0.3 is 15.1 Å². The lowest BCUT2D eigenvalue weighted by atomic mass is 9.94. The minimum absolute atomic E-state index is 0.334. The Kier molecular flexibility index (Phi) is 13.6. The molecule has 8 aromatic carbocycles. The zero-order chi connectivity index (χ0) is 46.5. The van der Waals surface area contributed by atoms with Gasteiger partial charge in [0.15, 0.2) is 0 Å². The maximum atomic E-state index is 11.3. The van der Waals surface area contributed by atoms with Gasteiger partial charge in [-0.2, -0.15) is 0 Å². The molecule has 7 nitrogen and oxygen atoms in total. The first-order valence-corrected chi connectivity index (χ1v) is 21.3. The van der Waals surface area contributed by atoms with Crippen LogP contribution in [0.1, 0.15) is 50.1 Å². The first-order chi connectivity index (χ1) is 32.7. The van der Waals surface area contributed by atoms with Crippen LogP contribution in [-0.2, 0) is 9.59 Å². The van der Waals surface area contributed by atoms with Crippen LogP contribution in [0.4, 0.5) is 17.1 Å². The van der Waals surface area contributed by atoms with Crippen molar-refractivity contribution >= 4 is 87.9 Å². The molecule has 0 fully saturated rings. The average Bonchev–Trinajstić information content (AvgIpc) is 3.37. The zero-order valence-electron chi connectivity index (χ0n) is 36.1. The number of benzene rings is 8. The van der Waals surface area contributed by atoms with Crippen LogP contribution in [0.2, 0.25) is 0 Å². The molecule has 8 aromatic rings. The Bertz CT molecular complexity index is 3170. The fourth-order valence-electron chi connectivity index (χ4n) is 7.50. The number of nitrogens with zero attached hydrogens (tertiary/aromatic N) is 3. The number of aliphatic carboxylic acids is 2. The number of hydrogen-bond donors (Lipinski definition) is 2. The van der Waals surface area contributed by atoms with Crippen LogP contribution in [0, 0.1) is 13.1 Å². The minimum Gasteiger partial charge on any atom is -0.486 e. The van der Waals surface area contributed by atoms with E-state index in [0.29, 0.717) is 11.1 Å². The van der Waals surface area contributed by atoms with Gasteiger partial charge in [0.05, 0.1) is 13.1 Å². The quantitative estimate of drug-likeness (QED) is 0.0646. The van der Waals surface area contributed by atoms with Gasteiger partial charge >= 0.3 is 11.9 Å². The molecule has 0 amide bonds. The van der Waals surface area contributed by atoms with E-state index in [-0.39, 0.29) is 11.4 Å². The fourth-order valence-corrected chi connectivity index (χ4v) is 7.50. The molecule has 0 aliphatic carbocycles. The number of rotatable bonds is 14. The molecule has 0 atom stereocenters. The lowest BCUT2D eigenvalue weighted by molar-refractivity contribution is -0.133. The van der Waals surface area contributed by atoms with Gasteiger partial charge in [-0.3, -0.25) is 9.59 Å². The molecule has 0 unspecified atom stereocenters. The van der Waals surface area contributed by atoms with Crippen LogP contribution >= 0.6 is 0 Å². The number of fused-ring (bicyclic) bond motifs is 1. The molecular formula is C60H41N3O4. The van der Waals surface area contributed by atoms with Gasteiger partial charge in [-0.1, -0.05) is 176 Å². The van der Waals surface area contributed by atoms with E-state index in [4.69, 9.17) is 13.1 Å². The van der Waals surface area contributed by atoms with Gasteiger partial charge in [-0.25, -0.2) is 9.69 Å². The van der Waals surface area contributed by atoms with E-state index in [0.717, 1.165) is 61.6 Å². The minimum atomic E-state index is -1.25. The summed E-state index contributed by atoms with van der Waals surface area (Å²) in [5, 5.41) is 20.8. The second-order valence-electron chi connectivity index (χ2n) is 15.5. The number of carboxylic acids is 2. The SMILES string of the molecule is [C-]#[N+]/C(=C\c1ccc(/C=C/c2ccc(N(c3ccc(/C=C(/c4ccccc4)c4ccc5ccccc5c4)cc3)c3ccc(/C=C/c4ccc(/C=C(\[N+]#[C-])C(=O)O)cc4)cc3)cc2)cc1)C(=O)O. The first-order valence-electron chi connectivity index (χ1n) is 21.3. The lowest BCUT2D eigenvalue weighted by Crippen LogP contribution is -2.09. The normalized spacial score (nSPS) is 11.9. The standard InChI is InChI=1S/C60H41N3O4/c1-61-57(59(64)65)39-47-20-16-42(17-21-47)12-14-44-24-32-53(33-25-44)63(54-34-26-45(27-35-54)15-13-43-18-22-48(23-19-43)40-58(62-2)60(66)67)55-36-28-46(29-37-55)38-56(50-9-4-3-5-10-50)52-31-30-49-8-6-7-11-51(49)41-52/h3-41H,(H,64,65)(H,66,67)/b14-12+,15-13+,56-38-,57-39-,58-40-. The van der Waals surface area contributed by atoms with E-state index in [1.165, 1.54) is 22.9 Å². The van der Waals surface area contributed by atoms with Crippen molar-refractivity contribution in [1.29, 1.82) is 0 Å². The highest BCUT2D eigenvalue weighted by molar-refractivity contribution is 5.97. The maximum Gasteiger partial charge on any atom is 0.333 e. The highest BCUT2D eigenvalue weighted by atomic mass is 16.4. The molecule has 7 heteroatoms. The molecule has 0 aromatic heterocycles. The second-order valence-corrected chi connectivity index (χ2v) is 15.5. The van der Waals surface area contributed by atoms with Crippen LogP contribution in [0.5, 0.6) is 0 Å². The molecule has 0 heterocycles. The van der Waals surface area contributed by atoms with E-state index >= 15 is 0 Å². The fraction of sp³-hybridized carbons (Fsp3) is 0. The molecule has 0 saturated carbocycles. The summed E-state index contributed by atoms with van der Waals surface area (Å²) in [6.07, 6.45) is 13.0. The zero-order valence-corrected chi connectivity index (χ0v) is 36.1. The Morgan fingerprint density at radius 2 is 0.746 bits per heavy atom. The van der Waals surface area contributed by atoms with Crippen molar-refractivity contribution in [2.24, 2.45) is 0 Å². The van der Waals surface area contributed by atoms with Crippen molar-refractivity contribution in [2.75, 3.05) is 4.90 Å². The molecule has 0 radical (unpaired) electrons. The predicted molar refractivity (Wildman–Crippen MR) is 274 cm³/mol. The summed E-state index contributed by atoms with van der Waals surface area (Å²) < 4.78 is 0. The topological polar surface area (TPSA) is 86.6 Å². The van der Waals surface area contributed by atoms with Crippen LogP contribution in [0.25, 0.3) is 68.6 Å². The summed E-state index contributed by atoms with van der Waals surface area (Å²) in [6.45, 7) is 14.2. The maximum absolute atomic E-state index is 11.3. The summed E-state index contributed by atoms with van der Waals surface area (Å²) >= 11 is 0. The van der Waals surface area contributed by atoms with E-state index < -0.39 is 11.9 Å². The molecule has 0 saturated heterocycles. The molecule has 320 valence electrons. The molecule has 0 aliphatic rings. The summed E-state index contributed by atoms with van der Waals surface area (Å²) in [5.41, 5.74) is 11.8. The van der Waals surface area contributed by atoms with Crippen molar-refractivity contribution in [3.05, 3.63) is 278 Å². The van der Waals surface area contributed by atoms with Gasteiger partial charge in [0.25, 0.3) is 11.4 Å². The molecule has 2 N–H and O–H groups in total. The van der Waals surface area contributed by atoms with Crippen molar-refractivity contribution < 1.29 is 19.8 Å². The summed E-state index contributed by atoms with van der Waals surface area (Å²) in [6, 6.07) is 65.4. The number of hydrogen-bond acceptors (Lipinski definition) is 3. The number of carbonyl (C=O) groups is 2. The Morgan fingerprint density at radius 3 is 1.16 bits per heavy atom. The number of carboxylic acid groups (broad SMARTS) is 2. The van der Waals surface area contributed by atoms with E-state index in [2.05, 4.69) is 160 Å². The Morgan fingerprint density at radius 1 is 0.388 bits per heavy atom. The van der Waals surface area contributed by atoms with Gasteiger partial charge in [0.2, 0.25) is 0 Å². The van der Waals surface area contributed by atoms with Crippen molar-refractivity contribution in [2.45, 2.75) is 0 Å². The Labute approximate surface area is 389 Å². The summed E-state index contributed by atoms with van der Waals surface area (Å²) in [4.78, 5) is 30.9. The first kappa shape index (κ1) is 44.1. The molecule has 0 bridgehead atoms. The van der Waals surface area contributed by atoms with Crippen LogP contribution in [-0.4, -0.2) is 22.2 Å². The largest absolute Gasteiger partial charge is 0.486 e. The monoisotopic (exact) mass is 867 g/mol. The van der Waals surface area contributed by atoms with Crippen LogP contribution in [0.15, 0.2) is 206 Å². The van der Waals surface area contributed by atoms with Gasteiger partial charge in [0, 0.05) is 17.1 Å². The highest BCUT2D eigenvalue weighted by Gasteiger charge is 2.14. The molecule has 0 spiro atoms. The number of anilines is 3. The predicted octanol–water partition coefficient (Wildman–Crippen LogP) is 14.9. The van der Waals surface area contributed by atoms with Crippen LogP contribution < -0.4 is 4.90 Å². The highest BCUT2D eigenvalue weighted by Crippen LogP contribution is 2.36. The summed E-state index contributed by atoms with van der Waals surface area (Å²) in [7, 11) is 0. The lowest BCUT2D eigenvalue weighted by Gasteiger charge is -2.26.